The van der Waals surface area contributed by atoms with Crippen LogP contribution in [-0.2, 0) is 6.42 Å². The Kier molecular flexibility index (Phi) is 5.29. The van der Waals surface area contributed by atoms with Crippen LogP contribution in [0.1, 0.15) is 16.7 Å². The van der Waals surface area contributed by atoms with Gasteiger partial charge in [0.15, 0.2) is 0 Å². The molecule has 0 saturated carbocycles. The third-order valence-corrected chi connectivity index (χ3v) is 6.49. The predicted octanol–water partition coefficient (Wildman–Crippen LogP) is 8.92. The van der Waals surface area contributed by atoms with Gasteiger partial charge >= 0.3 is 0 Å². The highest BCUT2D eigenvalue weighted by Crippen LogP contribution is 2.37. The maximum atomic E-state index is 2.34. The summed E-state index contributed by atoms with van der Waals surface area (Å²) in [4.78, 5) is 2.30. The first kappa shape index (κ1) is 20.3. The van der Waals surface area contributed by atoms with Gasteiger partial charge < -0.3 is 4.90 Å². The van der Waals surface area contributed by atoms with Crippen LogP contribution in [0.15, 0.2) is 133 Å². The van der Waals surface area contributed by atoms with Gasteiger partial charge in [-0.15, -0.1) is 0 Å². The van der Waals surface area contributed by atoms with Crippen molar-refractivity contribution in [3.05, 3.63) is 150 Å². The molecule has 0 heterocycles. The van der Waals surface area contributed by atoms with Gasteiger partial charge in [-0.3, -0.25) is 0 Å². The molecular weight excluding hydrogens is 410 g/mol. The van der Waals surface area contributed by atoms with E-state index in [9.17, 15) is 0 Å². The molecule has 0 N–H and O–H groups in total. The molecule has 0 aliphatic heterocycles. The van der Waals surface area contributed by atoms with E-state index in [1.165, 1.54) is 33.4 Å². The SMILES string of the molecule is C1=C(c2ccc(N(c3ccccc3)c3ccccc3)cc2)Cc2cc(-c3ccccc3)ccc21. The van der Waals surface area contributed by atoms with E-state index in [0.717, 1.165) is 23.5 Å². The molecular formula is C33H25N. The zero-order valence-corrected chi connectivity index (χ0v) is 18.9. The van der Waals surface area contributed by atoms with Crippen molar-refractivity contribution in [2.75, 3.05) is 4.90 Å². The van der Waals surface area contributed by atoms with E-state index in [2.05, 4.69) is 144 Å². The summed E-state index contributed by atoms with van der Waals surface area (Å²) >= 11 is 0. The van der Waals surface area contributed by atoms with Gasteiger partial charge in [-0.1, -0.05) is 103 Å². The number of hydrogen-bond donors (Lipinski definition) is 0. The van der Waals surface area contributed by atoms with Gasteiger partial charge in [-0.2, -0.15) is 0 Å². The first-order chi connectivity index (χ1) is 16.8. The fourth-order valence-corrected chi connectivity index (χ4v) is 4.77. The van der Waals surface area contributed by atoms with Crippen LogP contribution in [-0.4, -0.2) is 0 Å². The van der Waals surface area contributed by atoms with Crippen LogP contribution in [0.2, 0.25) is 0 Å². The van der Waals surface area contributed by atoms with E-state index in [1.54, 1.807) is 0 Å². The second kappa shape index (κ2) is 8.88. The van der Waals surface area contributed by atoms with E-state index in [4.69, 9.17) is 0 Å². The average Bonchev–Trinajstić information content (AvgIpc) is 3.35. The first-order valence-corrected chi connectivity index (χ1v) is 11.7. The number of nitrogens with zero attached hydrogens (tertiary/aromatic N) is 1. The molecule has 0 aromatic heterocycles. The molecule has 1 nitrogen and oxygen atoms in total. The molecule has 0 radical (unpaired) electrons. The van der Waals surface area contributed by atoms with Crippen LogP contribution in [0.25, 0.3) is 22.8 Å². The summed E-state index contributed by atoms with van der Waals surface area (Å²) < 4.78 is 0. The number of rotatable bonds is 5. The summed E-state index contributed by atoms with van der Waals surface area (Å²) in [5, 5.41) is 0. The highest BCUT2D eigenvalue weighted by molar-refractivity contribution is 5.90. The van der Waals surface area contributed by atoms with E-state index >= 15 is 0 Å². The molecule has 1 aliphatic carbocycles. The van der Waals surface area contributed by atoms with Crippen molar-refractivity contribution in [3.8, 4) is 11.1 Å². The molecule has 0 unspecified atom stereocenters. The summed E-state index contributed by atoms with van der Waals surface area (Å²) in [5.74, 6) is 0. The van der Waals surface area contributed by atoms with Crippen molar-refractivity contribution in [2.24, 2.45) is 0 Å². The van der Waals surface area contributed by atoms with Crippen LogP contribution in [0.5, 0.6) is 0 Å². The fourth-order valence-electron chi connectivity index (χ4n) is 4.77. The van der Waals surface area contributed by atoms with Crippen molar-refractivity contribution < 1.29 is 0 Å². The Morgan fingerprint density at radius 2 is 0.971 bits per heavy atom. The standard InChI is InChI=1S/C33H25N/c1-4-10-25(11-5-1)27-16-17-28-23-29(24-30(28)22-27)26-18-20-33(21-19-26)34(31-12-6-2-7-13-31)32-14-8-3-9-15-32/h1-23H,24H2. The zero-order chi connectivity index (χ0) is 22.7. The monoisotopic (exact) mass is 435 g/mol. The minimum absolute atomic E-state index is 0.969. The molecule has 5 aromatic carbocycles. The van der Waals surface area contributed by atoms with Crippen LogP contribution >= 0.6 is 0 Å². The molecule has 0 fully saturated rings. The van der Waals surface area contributed by atoms with E-state index in [-0.39, 0.29) is 0 Å². The number of para-hydroxylation sites is 2. The smallest absolute Gasteiger partial charge is 0.0462 e. The van der Waals surface area contributed by atoms with Gasteiger partial charge in [0.1, 0.15) is 0 Å². The van der Waals surface area contributed by atoms with Gasteiger partial charge in [0.2, 0.25) is 0 Å². The van der Waals surface area contributed by atoms with E-state index < -0.39 is 0 Å². The largest absolute Gasteiger partial charge is 0.311 e. The lowest BCUT2D eigenvalue weighted by atomic mass is 9.99. The van der Waals surface area contributed by atoms with Gasteiger partial charge in [0.25, 0.3) is 0 Å². The van der Waals surface area contributed by atoms with Crippen LogP contribution in [0.4, 0.5) is 17.1 Å². The fraction of sp³-hybridized carbons (Fsp3) is 0.0303. The van der Waals surface area contributed by atoms with E-state index in [0.29, 0.717) is 0 Å². The minimum atomic E-state index is 0.969. The molecule has 6 rings (SSSR count). The Hall–Kier alpha value is -4.36. The summed E-state index contributed by atoms with van der Waals surface area (Å²) in [5.41, 5.74) is 11.4. The van der Waals surface area contributed by atoms with Gasteiger partial charge in [0.05, 0.1) is 0 Å². The Morgan fingerprint density at radius 1 is 0.441 bits per heavy atom. The molecule has 0 amide bonds. The lowest BCUT2D eigenvalue weighted by Crippen LogP contribution is -2.09. The van der Waals surface area contributed by atoms with Gasteiger partial charge in [-0.25, -0.2) is 0 Å². The summed E-state index contributed by atoms with van der Waals surface area (Å²) in [7, 11) is 0. The van der Waals surface area contributed by atoms with Crippen molar-refractivity contribution in [1.29, 1.82) is 0 Å². The van der Waals surface area contributed by atoms with Gasteiger partial charge in [-0.05, 0) is 76.2 Å². The van der Waals surface area contributed by atoms with E-state index in [1.807, 2.05) is 0 Å². The highest BCUT2D eigenvalue weighted by Gasteiger charge is 2.16. The van der Waals surface area contributed by atoms with Crippen LogP contribution in [0.3, 0.4) is 0 Å². The lowest BCUT2D eigenvalue weighted by Gasteiger charge is -2.25. The molecule has 0 atom stereocenters. The van der Waals surface area contributed by atoms with Crippen molar-refractivity contribution >= 4 is 28.7 Å². The summed E-state index contributed by atoms with van der Waals surface area (Å²) in [6, 6.07) is 47.5. The number of hydrogen-bond acceptors (Lipinski definition) is 1. The normalized spacial score (nSPS) is 12.2. The number of allylic oxidation sites excluding steroid dienone is 1. The topological polar surface area (TPSA) is 3.24 Å². The van der Waals surface area contributed by atoms with Crippen molar-refractivity contribution in [2.45, 2.75) is 6.42 Å². The highest BCUT2D eigenvalue weighted by atomic mass is 15.1. The molecule has 5 aromatic rings. The summed E-state index contributed by atoms with van der Waals surface area (Å²) in [6.45, 7) is 0. The summed E-state index contributed by atoms with van der Waals surface area (Å²) in [6.07, 6.45) is 3.31. The molecule has 1 heteroatoms. The number of fused-ring (bicyclic) bond motifs is 1. The second-order valence-electron chi connectivity index (χ2n) is 8.68. The van der Waals surface area contributed by atoms with Crippen molar-refractivity contribution in [1.82, 2.24) is 0 Å². The Balaban J connectivity index is 1.29. The third-order valence-electron chi connectivity index (χ3n) is 6.49. The zero-order valence-electron chi connectivity index (χ0n) is 18.9. The minimum Gasteiger partial charge on any atom is -0.311 e. The Morgan fingerprint density at radius 3 is 1.59 bits per heavy atom. The molecule has 1 aliphatic rings. The average molecular weight is 436 g/mol. The molecule has 0 bridgehead atoms. The molecule has 0 spiro atoms. The maximum absolute atomic E-state index is 2.34. The molecule has 0 saturated heterocycles. The second-order valence-corrected chi connectivity index (χ2v) is 8.68. The van der Waals surface area contributed by atoms with Crippen molar-refractivity contribution in [3.63, 3.8) is 0 Å². The number of anilines is 3. The van der Waals surface area contributed by atoms with Crippen LogP contribution in [0, 0.1) is 0 Å². The number of benzene rings is 5. The Labute approximate surface area is 201 Å². The lowest BCUT2D eigenvalue weighted by molar-refractivity contribution is 1.27. The predicted molar refractivity (Wildman–Crippen MR) is 145 cm³/mol. The molecule has 162 valence electrons. The first-order valence-electron chi connectivity index (χ1n) is 11.7. The maximum Gasteiger partial charge on any atom is 0.0462 e. The van der Waals surface area contributed by atoms with Gasteiger partial charge in [0, 0.05) is 17.1 Å². The molecule has 34 heavy (non-hydrogen) atoms. The quantitative estimate of drug-likeness (QED) is 0.266. The van der Waals surface area contributed by atoms with Crippen LogP contribution < -0.4 is 4.90 Å². The third kappa shape index (κ3) is 3.93. The Bertz CT molecular complexity index is 1390.